The molecular formula is C25H20F3NO4. The Hall–Kier alpha value is -3.31. The molecule has 0 aromatic heterocycles. The third-order valence-electron chi connectivity index (χ3n) is 6.78. The number of rotatable bonds is 4. The van der Waals surface area contributed by atoms with Crippen molar-refractivity contribution in [2.75, 3.05) is 0 Å². The quantitative estimate of drug-likeness (QED) is 0.651. The number of ketones is 1. The molecule has 1 N–H and O–H groups in total. The third-order valence-corrected chi connectivity index (χ3v) is 6.78. The average Bonchev–Trinajstić information content (AvgIpc) is 3.46. The number of Topliss-reactive ketones (excluding diaryl/α,β-unsaturated/α-hetero) is 1. The largest absolute Gasteiger partial charge is 0.511 e. The highest BCUT2D eigenvalue weighted by atomic mass is 19.4. The smallest absolute Gasteiger partial charge is 0.417 e. The maximum absolute atomic E-state index is 13.3. The summed E-state index contributed by atoms with van der Waals surface area (Å²) in [5.41, 5.74) is 0.0985. The van der Waals surface area contributed by atoms with Gasteiger partial charge in [0.05, 0.1) is 46.8 Å². The van der Waals surface area contributed by atoms with E-state index in [-0.39, 0.29) is 52.7 Å². The van der Waals surface area contributed by atoms with Crippen LogP contribution in [0.2, 0.25) is 0 Å². The molecule has 4 atom stereocenters. The van der Waals surface area contributed by atoms with Crippen LogP contribution in [0, 0.1) is 23.2 Å². The Morgan fingerprint density at radius 2 is 1.79 bits per heavy atom. The highest BCUT2D eigenvalue weighted by molar-refractivity contribution is 6.25. The Balaban J connectivity index is 1.51. The first-order valence-electron chi connectivity index (χ1n) is 10.8. The van der Waals surface area contributed by atoms with E-state index in [1.54, 1.807) is 24.3 Å². The molecule has 2 saturated heterocycles. The van der Waals surface area contributed by atoms with Crippen molar-refractivity contribution in [3.8, 4) is 17.6 Å². The molecule has 5 rings (SSSR count). The van der Waals surface area contributed by atoms with Crippen LogP contribution in [0.4, 0.5) is 13.2 Å². The lowest BCUT2D eigenvalue weighted by Crippen LogP contribution is -2.29. The second kappa shape index (κ2) is 7.63. The van der Waals surface area contributed by atoms with Crippen molar-refractivity contribution in [3.63, 3.8) is 0 Å². The molecule has 0 unspecified atom stereocenters. The number of benzene rings is 2. The molecule has 1 aliphatic carbocycles. The topological polar surface area (TPSA) is 79.5 Å². The van der Waals surface area contributed by atoms with Gasteiger partial charge in [-0.1, -0.05) is 13.0 Å². The minimum atomic E-state index is -4.65. The molecule has 2 heterocycles. The zero-order valence-corrected chi connectivity index (χ0v) is 17.6. The van der Waals surface area contributed by atoms with Crippen molar-refractivity contribution < 1.29 is 32.5 Å². The summed E-state index contributed by atoms with van der Waals surface area (Å²) >= 11 is 0. The van der Waals surface area contributed by atoms with Crippen LogP contribution in [0.5, 0.6) is 11.5 Å². The molecule has 170 valence electrons. The minimum Gasteiger partial charge on any atom is -0.511 e. The van der Waals surface area contributed by atoms with Gasteiger partial charge in [-0.05, 0) is 60.7 Å². The van der Waals surface area contributed by atoms with Gasteiger partial charge in [-0.25, -0.2) is 0 Å². The van der Waals surface area contributed by atoms with Crippen LogP contribution in [0.25, 0.3) is 5.57 Å². The Kier molecular flexibility index (Phi) is 4.98. The Morgan fingerprint density at radius 3 is 2.42 bits per heavy atom. The van der Waals surface area contributed by atoms with Crippen molar-refractivity contribution >= 4 is 11.4 Å². The molecule has 2 aromatic rings. The van der Waals surface area contributed by atoms with Crippen LogP contribution in [0.3, 0.4) is 0 Å². The van der Waals surface area contributed by atoms with Crippen molar-refractivity contribution in [3.05, 3.63) is 64.4 Å². The van der Waals surface area contributed by atoms with Gasteiger partial charge in [0, 0.05) is 0 Å². The molecule has 2 aromatic carbocycles. The number of nitriles is 1. The first-order chi connectivity index (χ1) is 15.7. The van der Waals surface area contributed by atoms with Gasteiger partial charge in [-0.15, -0.1) is 0 Å². The molecule has 0 amide bonds. The van der Waals surface area contributed by atoms with Gasteiger partial charge in [0.15, 0.2) is 5.78 Å². The van der Waals surface area contributed by atoms with Gasteiger partial charge in [0.1, 0.15) is 17.3 Å². The number of nitrogens with zero attached hydrogens (tertiary/aromatic N) is 1. The number of aliphatic hydroxyl groups is 1. The van der Waals surface area contributed by atoms with Crippen LogP contribution < -0.4 is 4.74 Å². The molecule has 0 saturated carbocycles. The molecule has 5 nitrogen and oxygen atoms in total. The molecule has 8 heteroatoms. The van der Waals surface area contributed by atoms with Crippen LogP contribution in [0.1, 0.15) is 42.0 Å². The molecule has 33 heavy (non-hydrogen) atoms. The SMILES string of the molecule is CCc1ccc(Oc2ccc(C(F)(F)F)c(C#N)c2)cc1C1=C(O)[C@H]2[C@@H](C1=O)[C@@H]1CC[C@H]2O1. The van der Waals surface area contributed by atoms with Crippen molar-refractivity contribution in [2.45, 2.75) is 44.6 Å². The van der Waals surface area contributed by atoms with Crippen molar-refractivity contribution in [1.82, 2.24) is 0 Å². The first-order valence-corrected chi connectivity index (χ1v) is 10.8. The van der Waals surface area contributed by atoms with E-state index >= 15 is 0 Å². The summed E-state index contributed by atoms with van der Waals surface area (Å²) in [6, 6.07) is 9.58. The summed E-state index contributed by atoms with van der Waals surface area (Å²) in [7, 11) is 0. The summed E-state index contributed by atoms with van der Waals surface area (Å²) in [6.45, 7) is 1.93. The number of halogens is 3. The predicted molar refractivity (Wildman–Crippen MR) is 111 cm³/mol. The average molecular weight is 455 g/mol. The van der Waals surface area contributed by atoms with E-state index in [9.17, 15) is 23.1 Å². The van der Waals surface area contributed by atoms with Crippen LogP contribution in [0.15, 0.2) is 42.2 Å². The highest BCUT2D eigenvalue weighted by Gasteiger charge is 2.59. The number of ether oxygens (including phenoxy) is 2. The maximum Gasteiger partial charge on any atom is 0.417 e. The molecule has 3 aliphatic rings. The summed E-state index contributed by atoms with van der Waals surface area (Å²) < 4.78 is 50.8. The summed E-state index contributed by atoms with van der Waals surface area (Å²) in [6.07, 6.45) is -2.74. The monoisotopic (exact) mass is 455 g/mol. The van der Waals surface area contributed by atoms with E-state index in [2.05, 4.69) is 0 Å². The van der Waals surface area contributed by atoms with E-state index in [1.165, 1.54) is 0 Å². The lowest BCUT2D eigenvalue weighted by Gasteiger charge is -2.19. The van der Waals surface area contributed by atoms with Crippen molar-refractivity contribution in [2.24, 2.45) is 11.8 Å². The zero-order chi connectivity index (χ0) is 23.5. The molecule has 0 radical (unpaired) electrons. The standard InChI is InChI=1S/C25H20F3NO4/c1-2-12-3-4-15(32-14-5-6-17(25(26,27)28)13(9-14)11-29)10-16(12)20-23(30)21-18-7-8-19(33-18)22(21)24(20)31/h3-6,9-10,18-19,21-22,30H,2,7-8H2,1H3/t18-,19+,21-,22+/m1/s1. The number of carbonyl (C=O) groups excluding carboxylic acids is 1. The van der Waals surface area contributed by atoms with Gasteiger partial charge >= 0.3 is 6.18 Å². The third kappa shape index (κ3) is 3.39. The molecule has 2 bridgehead atoms. The summed E-state index contributed by atoms with van der Waals surface area (Å²) in [5, 5.41) is 20.1. The van der Waals surface area contributed by atoms with Gasteiger partial charge < -0.3 is 14.6 Å². The number of aliphatic hydroxyl groups excluding tert-OH is 1. The molecule has 2 fully saturated rings. The van der Waals surface area contributed by atoms with Crippen LogP contribution in [-0.4, -0.2) is 23.1 Å². The number of alkyl halides is 3. The Labute approximate surface area is 188 Å². The fourth-order valence-corrected chi connectivity index (χ4v) is 5.31. The van der Waals surface area contributed by atoms with Gasteiger partial charge in [0.2, 0.25) is 0 Å². The lowest BCUT2D eigenvalue weighted by molar-refractivity contribution is -0.137. The van der Waals surface area contributed by atoms with E-state index in [4.69, 9.17) is 14.7 Å². The predicted octanol–water partition coefficient (Wildman–Crippen LogP) is 5.58. The normalized spacial score (nSPS) is 26.0. The van der Waals surface area contributed by atoms with Gasteiger partial charge in [-0.2, -0.15) is 18.4 Å². The maximum atomic E-state index is 13.3. The van der Waals surface area contributed by atoms with Gasteiger partial charge in [-0.3, -0.25) is 4.79 Å². The number of fused-ring (bicyclic) bond motifs is 5. The molecule has 2 aliphatic heterocycles. The number of hydrogen-bond donors (Lipinski definition) is 1. The fourth-order valence-electron chi connectivity index (χ4n) is 5.31. The molecule has 0 spiro atoms. The fraction of sp³-hybridized carbons (Fsp3) is 0.360. The van der Waals surface area contributed by atoms with Crippen LogP contribution >= 0.6 is 0 Å². The zero-order valence-electron chi connectivity index (χ0n) is 17.6. The summed E-state index contributed by atoms with van der Waals surface area (Å²) in [4.78, 5) is 13.3. The first kappa shape index (κ1) is 21.5. The summed E-state index contributed by atoms with van der Waals surface area (Å²) in [5.74, 6) is -0.442. The minimum absolute atomic E-state index is 0.0466. The van der Waals surface area contributed by atoms with E-state index in [0.29, 0.717) is 12.0 Å². The Bertz CT molecular complexity index is 1230. The van der Waals surface area contributed by atoms with E-state index in [1.807, 2.05) is 6.92 Å². The number of aryl methyl sites for hydroxylation is 1. The second-order valence-electron chi connectivity index (χ2n) is 8.56. The van der Waals surface area contributed by atoms with Gasteiger partial charge in [0.25, 0.3) is 0 Å². The number of allylic oxidation sites excluding steroid dienone is 1. The Morgan fingerprint density at radius 1 is 1.12 bits per heavy atom. The molecular weight excluding hydrogens is 435 g/mol. The lowest BCUT2D eigenvalue weighted by atomic mass is 9.80. The van der Waals surface area contributed by atoms with Crippen LogP contribution in [-0.2, 0) is 22.1 Å². The van der Waals surface area contributed by atoms with E-state index < -0.39 is 17.3 Å². The highest BCUT2D eigenvalue weighted by Crippen LogP contribution is 2.54. The second-order valence-corrected chi connectivity index (χ2v) is 8.56. The van der Waals surface area contributed by atoms with E-state index in [0.717, 1.165) is 36.6 Å². The number of hydrogen-bond acceptors (Lipinski definition) is 5. The van der Waals surface area contributed by atoms with Crippen molar-refractivity contribution in [1.29, 1.82) is 5.26 Å². The number of carbonyl (C=O) groups is 1.